The highest BCUT2D eigenvalue weighted by atomic mass is 16.5. The van der Waals surface area contributed by atoms with Gasteiger partial charge in [-0.3, -0.25) is 4.79 Å². The van der Waals surface area contributed by atoms with Crippen LogP contribution in [0.1, 0.15) is 31.2 Å². The van der Waals surface area contributed by atoms with E-state index >= 15 is 0 Å². The number of hydrogen-bond acceptors (Lipinski definition) is 3. The first-order chi connectivity index (χ1) is 9.10. The number of ether oxygens (including phenoxy) is 1. The fourth-order valence-electron chi connectivity index (χ4n) is 2.41. The Labute approximate surface area is 114 Å². The first kappa shape index (κ1) is 13.9. The molecule has 0 spiro atoms. The average Bonchev–Trinajstić information content (AvgIpc) is 2.85. The second-order valence-electron chi connectivity index (χ2n) is 5.16. The maximum absolute atomic E-state index is 12.1. The molecule has 1 amide bonds. The van der Waals surface area contributed by atoms with Crippen LogP contribution in [0.3, 0.4) is 0 Å². The zero-order valence-corrected chi connectivity index (χ0v) is 11.5. The summed E-state index contributed by atoms with van der Waals surface area (Å²) in [5.41, 5.74) is 1.13. The second-order valence-corrected chi connectivity index (χ2v) is 5.16. The van der Waals surface area contributed by atoms with Crippen molar-refractivity contribution in [2.45, 2.75) is 31.8 Å². The normalized spacial score (nSPS) is 20.4. The number of aliphatic hydroxyl groups excluding tert-OH is 1. The molecule has 1 unspecified atom stereocenters. The van der Waals surface area contributed by atoms with E-state index < -0.39 is 0 Å². The van der Waals surface area contributed by atoms with Gasteiger partial charge in [0.15, 0.2) is 0 Å². The molecule has 2 atom stereocenters. The summed E-state index contributed by atoms with van der Waals surface area (Å²) in [6.45, 7) is 3.20. The summed E-state index contributed by atoms with van der Waals surface area (Å²) in [6.07, 6.45) is 0.835. The van der Waals surface area contributed by atoms with Crippen molar-refractivity contribution in [3.8, 4) is 5.75 Å². The van der Waals surface area contributed by atoms with E-state index in [4.69, 9.17) is 4.74 Å². The van der Waals surface area contributed by atoms with Crippen LogP contribution in [0.4, 0.5) is 0 Å². The van der Waals surface area contributed by atoms with Crippen LogP contribution < -0.4 is 4.74 Å². The van der Waals surface area contributed by atoms with Gasteiger partial charge in [-0.05, 0) is 30.0 Å². The quantitative estimate of drug-likeness (QED) is 0.901. The molecule has 1 heterocycles. The third kappa shape index (κ3) is 3.47. The van der Waals surface area contributed by atoms with Crippen molar-refractivity contribution in [1.29, 1.82) is 0 Å². The fourth-order valence-corrected chi connectivity index (χ4v) is 2.41. The molecule has 1 aromatic rings. The summed E-state index contributed by atoms with van der Waals surface area (Å²) in [6, 6.07) is 7.82. The minimum Gasteiger partial charge on any atom is -0.497 e. The number of hydrogen-bond donors (Lipinski definition) is 1. The van der Waals surface area contributed by atoms with Crippen molar-refractivity contribution >= 4 is 5.91 Å². The van der Waals surface area contributed by atoms with Gasteiger partial charge in [-0.2, -0.15) is 0 Å². The zero-order valence-electron chi connectivity index (χ0n) is 11.5. The SMILES string of the molecule is COc1ccc(C(C)CC(=O)N2CC[C@@H](O)C2)cc1. The lowest BCUT2D eigenvalue weighted by atomic mass is 9.97. The molecule has 1 aliphatic rings. The summed E-state index contributed by atoms with van der Waals surface area (Å²) >= 11 is 0. The van der Waals surface area contributed by atoms with E-state index in [2.05, 4.69) is 0 Å². The molecule has 1 aliphatic heterocycles. The van der Waals surface area contributed by atoms with Crippen molar-refractivity contribution in [1.82, 2.24) is 4.90 Å². The van der Waals surface area contributed by atoms with E-state index in [1.165, 1.54) is 0 Å². The number of carbonyl (C=O) groups excluding carboxylic acids is 1. The highest BCUT2D eigenvalue weighted by Gasteiger charge is 2.25. The first-order valence-corrected chi connectivity index (χ1v) is 6.70. The predicted octanol–water partition coefficient (Wildman–Crippen LogP) is 1.78. The smallest absolute Gasteiger partial charge is 0.223 e. The molecule has 104 valence electrons. The molecule has 19 heavy (non-hydrogen) atoms. The van der Waals surface area contributed by atoms with Crippen molar-refractivity contribution in [2.75, 3.05) is 20.2 Å². The van der Waals surface area contributed by atoms with Crippen molar-refractivity contribution in [2.24, 2.45) is 0 Å². The molecule has 1 N–H and O–H groups in total. The minimum absolute atomic E-state index is 0.125. The molecular formula is C15H21NO3. The van der Waals surface area contributed by atoms with E-state index in [0.29, 0.717) is 25.9 Å². The van der Waals surface area contributed by atoms with Crippen molar-refractivity contribution in [3.63, 3.8) is 0 Å². The lowest BCUT2D eigenvalue weighted by Gasteiger charge is -2.19. The van der Waals surface area contributed by atoms with Crippen LogP contribution >= 0.6 is 0 Å². The van der Waals surface area contributed by atoms with Crippen molar-refractivity contribution < 1.29 is 14.6 Å². The number of nitrogens with zero attached hydrogens (tertiary/aromatic N) is 1. The molecule has 4 nitrogen and oxygen atoms in total. The van der Waals surface area contributed by atoms with E-state index in [9.17, 15) is 9.90 Å². The summed E-state index contributed by atoms with van der Waals surface area (Å²) in [5.74, 6) is 1.13. The van der Waals surface area contributed by atoms with Crippen LogP contribution in [-0.4, -0.2) is 42.2 Å². The van der Waals surface area contributed by atoms with Gasteiger partial charge in [0.25, 0.3) is 0 Å². The highest BCUT2D eigenvalue weighted by molar-refractivity contribution is 5.77. The van der Waals surface area contributed by atoms with Gasteiger partial charge in [-0.25, -0.2) is 0 Å². The standard InChI is InChI=1S/C15H21NO3/c1-11(12-3-5-14(19-2)6-4-12)9-15(18)16-8-7-13(17)10-16/h3-6,11,13,17H,7-10H2,1-2H3/t11?,13-/m1/s1. The number of methoxy groups -OCH3 is 1. The number of benzene rings is 1. The average molecular weight is 263 g/mol. The van der Waals surface area contributed by atoms with Crippen LogP contribution in [0.5, 0.6) is 5.75 Å². The Balaban J connectivity index is 1.92. The fraction of sp³-hybridized carbons (Fsp3) is 0.533. The Bertz CT molecular complexity index is 430. The lowest BCUT2D eigenvalue weighted by Crippen LogP contribution is -2.30. The number of likely N-dealkylation sites (tertiary alicyclic amines) is 1. The number of aliphatic hydroxyl groups is 1. The van der Waals surface area contributed by atoms with Gasteiger partial charge in [-0.15, -0.1) is 0 Å². The van der Waals surface area contributed by atoms with Crippen LogP contribution in [0.2, 0.25) is 0 Å². The van der Waals surface area contributed by atoms with Gasteiger partial charge >= 0.3 is 0 Å². The lowest BCUT2D eigenvalue weighted by molar-refractivity contribution is -0.130. The largest absolute Gasteiger partial charge is 0.497 e. The van der Waals surface area contributed by atoms with E-state index in [0.717, 1.165) is 11.3 Å². The number of carbonyl (C=O) groups is 1. The van der Waals surface area contributed by atoms with Crippen LogP contribution in [0.15, 0.2) is 24.3 Å². The molecule has 0 saturated carbocycles. The third-order valence-electron chi connectivity index (χ3n) is 3.68. The highest BCUT2D eigenvalue weighted by Crippen LogP contribution is 2.23. The summed E-state index contributed by atoms with van der Waals surface area (Å²) in [5, 5.41) is 9.45. The molecule has 0 bridgehead atoms. The Hall–Kier alpha value is -1.55. The zero-order chi connectivity index (χ0) is 13.8. The molecule has 4 heteroatoms. The maximum Gasteiger partial charge on any atom is 0.223 e. The molecule has 2 rings (SSSR count). The monoisotopic (exact) mass is 263 g/mol. The van der Waals surface area contributed by atoms with E-state index in [-0.39, 0.29) is 17.9 Å². The van der Waals surface area contributed by atoms with Crippen molar-refractivity contribution in [3.05, 3.63) is 29.8 Å². The Morgan fingerprint density at radius 2 is 2.16 bits per heavy atom. The summed E-state index contributed by atoms with van der Waals surface area (Å²) in [4.78, 5) is 13.8. The van der Waals surface area contributed by atoms with Gasteiger partial charge in [0, 0.05) is 19.5 Å². The minimum atomic E-state index is -0.347. The maximum atomic E-state index is 12.1. The van der Waals surface area contributed by atoms with Gasteiger partial charge in [0.05, 0.1) is 13.2 Å². The first-order valence-electron chi connectivity index (χ1n) is 6.70. The topological polar surface area (TPSA) is 49.8 Å². The Morgan fingerprint density at radius 3 is 2.68 bits per heavy atom. The van der Waals surface area contributed by atoms with Crippen LogP contribution in [0.25, 0.3) is 0 Å². The third-order valence-corrected chi connectivity index (χ3v) is 3.68. The summed E-state index contributed by atoms with van der Waals surface area (Å²) < 4.78 is 5.12. The molecule has 1 saturated heterocycles. The van der Waals surface area contributed by atoms with Crippen LogP contribution in [0, 0.1) is 0 Å². The number of rotatable bonds is 4. The van der Waals surface area contributed by atoms with Gasteiger partial charge < -0.3 is 14.7 Å². The second kappa shape index (κ2) is 6.06. The van der Waals surface area contributed by atoms with E-state index in [1.54, 1.807) is 12.0 Å². The molecule has 0 radical (unpaired) electrons. The van der Waals surface area contributed by atoms with Gasteiger partial charge in [-0.1, -0.05) is 19.1 Å². The van der Waals surface area contributed by atoms with Gasteiger partial charge in [0.2, 0.25) is 5.91 Å². The Kier molecular flexibility index (Phi) is 4.43. The number of β-amino-alcohol motifs (C(OH)–C–C–N with tert-alkyl or cyclic N) is 1. The van der Waals surface area contributed by atoms with E-state index in [1.807, 2.05) is 31.2 Å². The molecular weight excluding hydrogens is 242 g/mol. The molecule has 1 fully saturated rings. The molecule has 0 aliphatic carbocycles. The molecule has 1 aromatic carbocycles. The summed E-state index contributed by atoms with van der Waals surface area (Å²) in [7, 11) is 1.64. The Morgan fingerprint density at radius 1 is 1.47 bits per heavy atom. The number of amides is 1. The van der Waals surface area contributed by atoms with Gasteiger partial charge in [0.1, 0.15) is 5.75 Å². The predicted molar refractivity (Wildman–Crippen MR) is 73.2 cm³/mol. The molecule has 0 aromatic heterocycles. The van der Waals surface area contributed by atoms with Crippen LogP contribution in [-0.2, 0) is 4.79 Å².